The van der Waals surface area contributed by atoms with Crippen LogP contribution in [0.4, 0.5) is 11.4 Å². The maximum absolute atomic E-state index is 12.7. The summed E-state index contributed by atoms with van der Waals surface area (Å²) in [5.41, 5.74) is 2.37. The van der Waals surface area contributed by atoms with Crippen LogP contribution in [-0.4, -0.2) is 18.4 Å². The van der Waals surface area contributed by atoms with Gasteiger partial charge in [-0.25, -0.2) is 0 Å². The normalized spacial score (nSPS) is 12.3. The zero-order chi connectivity index (χ0) is 17.4. The summed E-state index contributed by atoms with van der Waals surface area (Å²) in [4.78, 5) is 26.6. The minimum atomic E-state index is -0.312. The third-order valence-electron chi connectivity index (χ3n) is 4.23. The molecule has 0 bridgehead atoms. The Hall–Kier alpha value is -3.65. The second kappa shape index (κ2) is 5.77. The number of hydrogen-bond acceptors (Lipinski definition) is 3. The first-order valence-corrected chi connectivity index (χ1v) is 7.81. The van der Waals surface area contributed by atoms with Crippen molar-refractivity contribution in [1.82, 2.24) is 0 Å². The number of amides is 2. The van der Waals surface area contributed by atoms with Gasteiger partial charge in [0.15, 0.2) is 0 Å². The van der Waals surface area contributed by atoms with E-state index in [1.807, 2.05) is 36.4 Å². The van der Waals surface area contributed by atoms with E-state index in [-0.39, 0.29) is 18.4 Å². The highest BCUT2D eigenvalue weighted by Gasteiger charge is 2.30. The molecule has 25 heavy (non-hydrogen) atoms. The van der Waals surface area contributed by atoms with Crippen molar-refractivity contribution in [1.29, 1.82) is 5.26 Å². The van der Waals surface area contributed by atoms with Crippen LogP contribution < -0.4 is 10.2 Å². The molecule has 0 saturated carbocycles. The van der Waals surface area contributed by atoms with Crippen LogP contribution in [-0.2, 0) is 4.79 Å². The Balaban J connectivity index is 1.60. The van der Waals surface area contributed by atoms with Crippen molar-refractivity contribution in [3.63, 3.8) is 0 Å². The van der Waals surface area contributed by atoms with Gasteiger partial charge >= 0.3 is 0 Å². The lowest BCUT2D eigenvalue weighted by atomic mass is 10.1. The predicted molar refractivity (Wildman–Crippen MR) is 95.4 cm³/mol. The Morgan fingerprint density at radius 2 is 1.84 bits per heavy atom. The maximum atomic E-state index is 12.7. The van der Waals surface area contributed by atoms with E-state index in [0.717, 1.165) is 16.5 Å². The first-order valence-electron chi connectivity index (χ1n) is 7.81. The summed E-state index contributed by atoms with van der Waals surface area (Å²) in [5.74, 6) is -0.485. The standard InChI is InChI=1S/C20H13N3O2/c21-11-13-4-1-7-15(10-13)22-18(24)12-23-17-9-3-6-14-5-2-8-16(19(14)17)20(23)25/h1-10H,12H2,(H,22,24). The Morgan fingerprint density at radius 3 is 2.64 bits per heavy atom. The zero-order valence-corrected chi connectivity index (χ0v) is 13.2. The number of nitriles is 1. The fraction of sp³-hybridized carbons (Fsp3) is 0.0500. The molecule has 4 rings (SSSR count). The molecule has 0 saturated heterocycles. The molecule has 0 unspecified atom stereocenters. The topological polar surface area (TPSA) is 73.2 Å². The molecule has 0 aliphatic carbocycles. The van der Waals surface area contributed by atoms with Crippen LogP contribution in [0, 0.1) is 11.3 Å². The first-order chi connectivity index (χ1) is 12.2. The summed E-state index contributed by atoms with van der Waals surface area (Å²) in [6.45, 7) is -0.0800. The minimum Gasteiger partial charge on any atom is -0.324 e. The average Bonchev–Trinajstić information content (AvgIpc) is 2.90. The molecule has 3 aromatic rings. The third-order valence-corrected chi connectivity index (χ3v) is 4.23. The van der Waals surface area contributed by atoms with E-state index in [9.17, 15) is 9.59 Å². The van der Waals surface area contributed by atoms with E-state index in [1.54, 1.807) is 30.3 Å². The van der Waals surface area contributed by atoms with Gasteiger partial charge in [0.2, 0.25) is 5.91 Å². The number of rotatable bonds is 3. The summed E-state index contributed by atoms with van der Waals surface area (Å²) in [7, 11) is 0. The van der Waals surface area contributed by atoms with E-state index >= 15 is 0 Å². The van der Waals surface area contributed by atoms with Crippen molar-refractivity contribution in [2.75, 3.05) is 16.8 Å². The Bertz CT molecular complexity index is 1060. The molecule has 3 aromatic carbocycles. The lowest BCUT2D eigenvalue weighted by Gasteiger charge is -2.17. The van der Waals surface area contributed by atoms with Crippen LogP contribution in [0.15, 0.2) is 60.7 Å². The molecule has 0 spiro atoms. The van der Waals surface area contributed by atoms with Crippen LogP contribution in [0.3, 0.4) is 0 Å². The number of nitrogens with zero attached hydrogens (tertiary/aromatic N) is 2. The van der Waals surface area contributed by atoms with Crippen molar-refractivity contribution in [3.8, 4) is 6.07 Å². The van der Waals surface area contributed by atoms with Crippen molar-refractivity contribution >= 4 is 34.0 Å². The van der Waals surface area contributed by atoms with Gasteiger partial charge in [-0.1, -0.05) is 30.3 Å². The van der Waals surface area contributed by atoms with Gasteiger partial charge in [0.25, 0.3) is 5.91 Å². The molecule has 0 aromatic heterocycles. The average molecular weight is 327 g/mol. The molecule has 5 nitrogen and oxygen atoms in total. The maximum Gasteiger partial charge on any atom is 0.259 e. The molecule has 1 N–H and O–H groups in total. The summed E-state index contributed by atoms with van der Waals surface area (Å²) < 4.78 is 0. The second-order valence-electron chi connectivity index (χ2n) is 5.81. The number of hydrogen-bond donors (Lipinski definition) is 1. The molecule has 120 valence electrons. The van der Waals surface area contributed by atoms with Gasteiger partial charge in [-0.3, -0.25) is 14.5 Å². The van der Waals surface area contributed by atoms with E-state index in [2.05, 4.69) is 5.32 Å². The Labute approximate surface area is 144 Å². The highest BCUT2D eigenvalue weighted by atomic mass is 16.2. The van der Waals surface area contributed by atoms with E-state index < -0.39 is 0 Å². The van der Waals surface area contributed by atoms with E-state index in [4.69, 9.17) is 5.26 Å². The van der Waals surface area contributed by atoms with Gasteiger partial charge < -0.3 is 5.32 Å². The smallest absolute Gasteiger partial charge is 0.259 e. The largest absolute Gasteiger partial charge is 0.324 e. The first kappa shape index (κ1) is 14.9. The molecule has 0 radical (unpaired) electrons. The third kappa shape index (κ3) is 2.50. The molecule has 0 atom stereocenters. The summed E-state index contributed by atoms with van der Waals surface area (Å²) in [5, 5.41) is 13.5. The van der Waals surface area contributed by atoms with Crippen LogP contribution >= 0.6 is 0 Å². The number of benzene rings is 3. The molecular formula is C20H13N3O2. The quantitative estimate of drug-likeness (QED) is 0.802. The molecule has 5 heteroatoms. The number of nitrogens with one attached hydrogen (secondary N) is 1. The number of anilines is 2. The van der Waals surface area contributed by atoms with Gasteiger partial charge in [0, 0.05) is 16.6 Å². The van der Waals surface area contributed by atoms with Gasteiger partial charge in [-0.05, 0) is 35.7 Å². The van der Waals surface area contributed by atoms with Crippen molar-refractivity contribution in [2.24, 2.45) is 0 Å². The van der Waals surface area contributed by atoms with Gasteiger partial charge in [0.05, 0.1) is 17.3 Å². The highest BCUT2D eigenvalue weighted by molar-refractivity contribution is 6.26. The minimum absolute atomic E-state index is 0.0800. The van der Waals surface area contributed by atoms with Crippen LogP contribution in [0.5, 0.6) is 0 Å². The highest BCUT2D eigenvalue weighted by Crippen LogP contribution is 2.36. The fourth-order valence-electron chi connectivity index (χ4n) is 3.15. The molecule has 1 heterocycles. The SMILES string of the molecule is N#Cc1cccc(NC(=O)CN2C(=O)c3cccc4cccc2c34)c1. The van der Waals surface area contributed by atoms with Gasteiger partial charge in [-0.2, -0.15) is 5.26 Å². The monoisotopic (exact) mass is 327 g/mol. The lowest BCUT2D eigenvalue weighted by Crippen LogP contribution is -2.35. The van der Waals surface area contributed by atoms with Crippen molar-refractivity contribution in [2.45, 2.75) is 0 Å². The molecule has 2 amide bonds. The fourth-order valence-corrected chi connectivity index (χ4v) is 3.15. The Kier molecular flexibility index (Phi) is 3.44. The molecule has 1 aliphatic rings. The second-order valence-corrected chi connectivity index (χ2v) is 5.81. The molecule has 1 aliphatic heterocycles. The summed E-state index contributed by atoms with van der Waals surface area (Å²) >= 11 is 0. The van der Waals surface area contributed by atoms with Crippen LogP contribution in [0.25, 0.3) is 10.8 Å². The number of carbonyl (C=O) groups excluding carboxylic acids is 2. The predicted octanol–water partition coefficient (Wildman–Crippen LogP) is 3.31. The van der Waals surface area contributed by atoms with Gasteiger partial charge in [0.1, 0.15) is 6.54 Å². The molecular weight excluding hydrogens is 314 g/mol. The summed E-state index contributed by atoms with van der Waals surface area (Å²) in [6, 6.07) is 19.9. The lowest BCUT2D eigenvalue weighted by molar-refractivity contribution is -0.114. The zero-order valence-electron chi connectivity index (χ0n) is 13.2. The van der Waals surface area contributed by atoms with Crippen LogP contribution in [0.1, 0.15) is 15.9 Å². The van der Waals surface area contributed by atoms with Gasteiger partial charge in [-0.15, -0.1) is 0 Å². The van der Waals surface area contributed by atoms with E-state index in [1.165, 1.54) is 4.90 Å². The van der Waals surface area contributed by atoms with E-state index in [0.29, 0.717) is 16.8 Å². The van der Waals surface area contributed by atoms with Crippen LogP contribution in [0.2, 0.25) is 0 Å². The summed E-state index contributed by atoms with van der Waals surface area (Å²) in [6.07, 6.45) is 0. The van der Waals surface area contributed by atoms with Crippen molar-refractivity contribution in [3.05, 3.63) is 71.8 Å². The Morgan fingerprint density at radius 1 is 1.08 bits per heavy atom. The number of carbonyl (C=O) groups is 2. The molecule has 0 fully saturated rings. The van der Waals surface area contributed by atoms with Crippen molar-refractivity contribution < 1.29 is 9.59 Å².